The Morgan fingerprint density at radius 3 is 2.50 bits per heavy atom. The highest BCUT2D eigenvalue weighted by Crippen LogP contribution is 2.21. The molecule has 0 bridgehead atoms. The molecule has 26 heavy (non-hydrogen) atoms. The van der Waals surface area contributed by atoms with Crippen molar-refractivity contribution in [3.8, 4) is 0 Å². The van der Waals surface area contributed by atoms with Gasteiger partial charge in [0.1, 0.15) is 0 Å². The van der Waals surface area contributed by atoms with Gasteiger partial charge < -0.3 is 5.32 Å². The smallest absolute Gasteiger partial charge is 0.262 e. The predicted octanol–water partition coefficient (Wildman–Crippen LogP) is 3.88. The number of carbonyl (C=O) groups is 2. The fourth-order valence-corrected chi connectivity index (χ4v) is 2.68. The summed E-state index contributed by atoms with van der Waals surface area (Å²) in [6, 6.07) is 10.8. The Bertz CT molecular complexity index is 851. The number of anilines is 1. The van der Waals surface area contributed by atoms with Crippen LogP contribution in [0.25, 0.3) is 6.08 Å². The van der Waals surface area contributed by atoms with Gasteiger partial charge in [0.05, 0.1) is 6.54 Å². The van der Waals surface area contributed by atoms with E-state index in [2.05, 4.69) is 16.2 Å². The van der Waals surface area contributed by atoms with Crippen molar-refractivity contribution in [3.05, 3.63) is 69.2 Å². The molecule has 0 radical (unpaired) electrons. The lowest BCUT2D eigenvalue weighted by molar-refractivity contribution is -0.125. The van der Waals surface area contributed by atoms with Crippen molar-refractivity contribution < 1.29 is 9.59 Å². The number of rotatable bonds is 5. The number of nitrogens with one attached hydrogen (secondary N) is 3. The lowest BCUT2D eigenvalue weighted by atomic mass is 10.1. The fourth-order valence-electron chi connectivity index (χ4n) is 2.21. The van der Waals surface area contributed by atoms with Gasteiger partial charge in [-0.2, -0.15) is 0 Å². The molecule has 2 amide bonds. The van der Waals surface area contributed by atoms with Crippen molar-refractivity contribution in [3.63, 3.8) is 0 Å². The normalized spacial score (nSPS) is 10.6. The molecule has 0 heterocycles. The van der Waals surface area contributed by atoms with Crippen molar-refractivity contribution in [1.29, 1.82) is 0 Å². The minimum Gasteiger partial charge on any atom is -0.376 e. The first-order valence-corrected chi connectivity index (χ1v) is 8.64. The average molecular weight is 392 g/mol. The Morgan fingerprint density at radius 1 is 1.04 bits per heavy atom. The van der Waals surface area contributed by atoms with E-state index < -0.39 is 5.91 Å². The lowest BCUT2D eigenvalue weighted by Crippen LogP contribution is -2.43. The summed E-state index contributed by atoms with van der Waals surface area (Å²) in [5.41, 5.74) is 8.36. The summed E-state index contributed by atoms with van der Waals surface area (Å²) >= 11 is 11.8. The number of halogens is 2. The van der Waals surface area contributed by atoms with Gasteiger partial charge in [-0.15, -0.1) is 0 Å². The van der Waals surface area contributed by atoms with Crippen LogP contribution in [0.2, 0.25) is 10.0 Å². The zero-order valence-electron chi connectivity index (χ0n) is 14.4. The number of hydrazine groups is 1. The van der Waals surface area contributed by atoms with Gasteiger partial charge in [0.25, 0.3) is 11.8 Å². The number of amides is 2. The minimum atomic E-state index is -0.476. The van der Waals surface area contributed by atoms with Crippen molar-refractivity contribution in [2.24, 2.45) is 0 Å². The van der Waals surface area contributed by atoms with Gasteiger partial charge in [-0.05, 0) is 49.2 Å². The Labute approximate surface area is 162 Å². The highest BCUT2D eigenvalue weighted by Gasteiger charge is 2.04. The van der Waals surface area contributed by atoms with Gasteiger partial charge >= 0.3 is 0 Å². The van der Waals surface area contributed by atoms with Crippen LogP contribution in [0, 0.1) is 13.8 Å². The summed E-state index contributed by atoms with van der Waals surface area (Å²) in [7, 11) is 0. The maximum absolute atomic E-state index is 11.8. The summed E-state index contributed by atoms with van der Waals surface area (Å²) < 4.78 is 0. The summed E-state index contributed by atoms with van der Waals surface area (Å²) in [4.78, 5) is 23.6. The van der Waals surface area contributed by atoms with Crippen LogP contribution in [0.1, 0.15) is 16.7 Å². The first kappa shape index (κ1) is 19.8. The first-order valence-electron chi connectivity index (χ1n) is 7.88. The topological polar surface area (TPSA) is 70.2 Å². The zero-order chi connectivity index (χ0) is 19.1. The van der Waals surface area contributed by atoms with Gasteiger partial charge in [-0.3, -0.25) is 20.4 Å². The number of aryl methyl sites for hydroxylation is 2. The summed E-state index contributed by atoms with van der Waals surface area (Å²) in [5, 5.41) is 3.97. The molecule has 0 unspecified atom stereocenters. The van der Waals surface area contributed by atoms with Crippen LogP contribution in [-0.2, 0) is 9.59 Å². The highest BCUT2D eigenvalue weighted by molar-refractivity contribution is 6.35. The Balaban J connectivity index is 1.79. The molecular formula is C19H19Cl2N3O2. The molecule has 2 aromatic rings. The van der Waals surface area contributed by atoms with E-state index in [-0.39, 0.29) is 12.5 Å². The van der Waals surface area contributed by atoms with E-state index in [0.29, 0.717) is 15.6 Å². The molecule has 136 valence electrons. The zero-order valence-corrected chi connectivity index (χ0v) is 15.9. The second kappa shape index (κ2) is 9.27. The molecule has 0 aliphatic heterocycles. The molecular weight excluding hydrogens is 373 g/mol. The Kier molecular flexibility index (Phi) is 7.06. The van der Waals surface area contributed by atoms with Crippen LogP contribution < -0.4 is 16.2 Å². The van der Waals surface area contributed by atoms with Crippen LogP contribution in [-0.4, -0.2) is 18.4 Å². The molecule has 0 aromatic heterocycles. The van der Waals surface area contributed by atoms with Gasteiger partial charge in [0, 0.05) is 21.8 Å². The van der Waals surface area contributed by atoms with E-state index in [1.165, 1.54) is 12.2 Å². The largest absolute Gasteiger partial charge is 0.376 e. The average Bonchev–Trinajstić information content (AvgIpc) is 2.58. The van der Waals surface area contributed by atoms with Gasteiger partial charge in [0.2, 0.25) is 0 Å². The van der Waals surface area contributed by atoms with Crippen LogP contribution in [0.3, 0.4) is 0 Å². The maximum atomic E-state index is 11.8. The maximum Gasteiger partial charge on any atom is 0.262 e. The Hall–Kier alpha value is -2.50. The molecule has 0 saturated heterocycles. The molecule has 2 rings (SSSR count). The summed E-state index contributed by atoms with van der Waals surface area (Å²) in [5.74, 6) is -0.841. The number of benzene rings is 2. The second-order valence-corrected chi connectivity index (χ2v) is 6.55. The molecule has 2 aromatic carbocycles. The SMILES string of the molecule is Cc1ccc(NCC(=O)NNC(=O)/C=C/c2ccc(Cl)cc2Cl)c(C)c1. The summed E-state index contributed by atoms with van der Waals surface area (Å²) in [6.07, 6.45) is 2.81. The molecule has 0 fully saturated rings. The number of carbonyl (C=O) groups excluding carboxylic acids is 2. The second-order valence-electron chi connectivity index (χ2n) is 5.71. The molecule has 0 atom stereocenters. The van der Waals surface area contributed by atoms with Crippen molar-refractivity contribution >= 4 is 46.8 Å². The van der Waals surface area contributed by atoms with Crippen LogP contribution in [0.15, 0.2) is 42.5 Å². The molecule has 0 aliphatic carbocycles. The molecule has 0 saturated carbocycles. The third-order valence-electron chi connectivity index (χ3n) is 3.52. The molecule has 0 aliphatic rings. The van der Waals surface area contributed by atoms with Crippen molar-refractivity contribution in [2.45, 2.75) is 13.8 Å². The van der Waals surface area contributed by atoms with Gasteiger partial charge in [-0.1, -0.05) is 47.0 Å². The standard InChI is InChI=1S/C19H19Cl2N3O2/c1-12-3-7-17(13(2)9-12)22-11-19(26)24-23-18(25)8-5-14-4-6-15(20)10-16(14)21/h3-10,22H,11H2,1-2H3,(H,23,25)(H,24,26)/b8-5+. The fraction of sp³-hybridized carbons (Fsp3) is 0.158. The molecule has 3 N–H and O–H groups in total. The van der Waals surface area contributed by atoms with Crippen molar-refractivity contribution in [2.75, 3.05) is 11.9 Å². The quantitative estimate of drug-likeness (QED) is 0.534. The van der Waals surface area contributed by atoms with Gasteiger partial charge in [0.15, 0.2) is 0 Å². The van der Waals surface area contributed by atoms with E-state index in [4.69, 9.17) is 23.2 Å². The number of hydrogen-bond acceptors (Lipinski definition) is 3. The predicted molar refractivity (Wildman–Crippen MR) is 106 cm³/mol. The van der Waals surface area contributed by atoms with Gasteiger partial charge in [-0.25, -0.2) is 0 Å². The number of hydrogen-bond donors (Lipinski definition) is 3. The van der Waals surface area contributed by atoms with E-state index in [0.717, 1.165) is 16.8 Å². The molecule has 7 heteroatoms. The minimum absolute atomic E-state index is 0.0386. The first-order chi connectivity index (χ1) is 12.3. The van der Waals surface area contributed by atoms with E-state index in [1.807, 2.05) is 32.0 Å². The van der Waals surface area contributed by atoms with E-state index in [9.17, 15) is 9.59 Å². The van der Waals surface area contributed by atoms with Crippen LogP contribution in [0.4, 0.5) is 5.69 Å². The summed E-state index contributed by atoms with van der Waals surface area (Å²) in [6.45, 7) is 4.00. The third kappa shape index (κ3) is 6.10. The molecule has 0 spiro atoms. The van der Waals surface area contributed by atoms with E-state index >= 15 is 0 Å². The Morgan fingerprint density at radius 2 is 1.81 bits per heavy atom. The highest BCUT2D eigenvalue weighted by atomic mass is 35.5. The lowest BCUT2D eigenvalue weighted by Gasteiger charge is -2.10. The van der Waals surface area contributed by atoms with Crippen LogP contribution in [0.5, 0.6) is 0 Å². The molecule has 5 nitrogen and oxygen atoms in total. The van der Waals surface area contributed by atoms with Crippen LogP contribution >= 0.6 is 23.2 Å². The monoisotopic (exact) mass is 391 g/mol. The van der Waals surface area contributed by atoms with Crippen molar-refractivity contribution in [1.82, 2.24) is 10.9 Å². The third-order valence-corrected chi connectivity index (χ3v) is 4.09. The van der Waals surface area contributed by atoms with E-state index in [1.54, 1.807) is 18.2 Å².